The number of hydrogen-bond donors (Lipinski definition) is 1. The maximum atomic E-state index is 6.02. The quantitative estimate of drug-likeness (QED) is 0.771. The topological polar surface area (TPSA) is 21.3 Å². The van der Waals surface area contributed by atoms with Gasteiger partial charge in [-0.1, -0.05) is 46.9 Å². The molecule has 2 nitrogen and oxygen atoms in total. The van der Waals surface area contributed by atoms with E-state index in [9.17, 15) is 0 Å². The summed E-state index contributed by atoms with van der Waals surface area (Å²) in [5, 5.41) is 4.83. The monoisotopic (exact) mass is 315 g/mol. The normalized spacial score (nSPS) is 10.3. The molecule has 2 rings (SSSR count). The highest BCUT2D eigenvalue weighted by Crippen LogP contribution is 2.31. The Morgan fingerprint density at radius 1 is 1.00 bits per heavy atom. The molecule has 2 aromatic rings. The van der Waals surface area contributed by atoms with E-state index < -0.39 is 0 Å². The van der Waals surface area contributed by atoms with E-state index >= 15 is 0 Å². The summed E-state index contributed by atoms with van der Waals surface area (Å²) < 4.78 is 5.56. The van der Waals surface area contributed by atoms with Crippen LogP contribution in [-0.2, 0) is 0 Å². The molecule has 0 amide bonds. The van der Waals surface area contributed by atoms with Gasteiger partial charge in [0.25, 0.3) is 0 Å². The Hall–Kier alpha value is -1.09. The Morgan fingerprint density at radius 2 is 1.79 bits per heavy atom. The highest BCUT2D eigenvalue weighted by Gasteiger charge is 2.04. The third-order valence-electron chi connectivity index (χ3n) is 2.43. The molecular weight excluding hydrogens is 305 g/mol. The fraction of sp³-hybridized carbons (Fsp3) is 0.143. The second-order valence-electron chi connectivity index (χ2n) is 3.84. The average molecular weight is 317 g/mol. The van der Waals surface area contributed by atoms with Crippen LogP contribution in [0.5, 0.6) is 5.75 Å². The third kappa shape index (κ3) is 4.20. The summed E-state index contributed by atoms with van der Waals surface area (Å²) in [5.74, 6) is 0.585. The van der Waals surface area contributed by atoms with Crippen molar-refractivity contribution >= 4 is 40.5 Å². The minimum absolute atomic E-state index is 0.437. The molecule has 0 spiro atoms. The van der Waals surface area contributed by atoms with Gasteiger partial charge in [0, 0.05) is 17.3 Å². The number of halogens is 3. The lowest BCUT2D eigenvalue weighted by Crippen LogP contribution is -2.11. The molecular formula is C14H12Cl3NO. The van der Waals surface area contributed by atoms with Gasteiger partial charge in [-0.2, -0.15) is 0 Å². The molecule has 0 radical (unpaired) electrons. The number of ether oxygens (including phenoxy) is 1. The van der Waals surface area contributed by atoms with Gasteiger partial charge in [-0.15, -0.1) is 0 Å². The highest BCUT2D eigenvalue weighted by atomic mass is 35.5. The lowest BCUT2D eigenvalue weighted by molar-refractivity contribution is 0.333. The number of hydrogen-bond acceptors (Lipinski definition) is 2. The molecule has 0 atom stereocenters. The zero-order chi connectivity index (χ0) is 13.7. The van der Waals surface area contributed by atoms with Crippen molar-refractivity contribution in [3.05, 3.63) is 57.5 Å². The van der Waals surface area contributed by atoms with E-state index in [-0.39, 0.29) is 0 Å². The zero-order valence-corrected chi connectivity index (χ0v) is 12.3. The number of nitrogens with one attached hydrogen (secondary N) is 1. The van der Waals surface area contributed by atoms with Crippen LogP contribution in [0.15, 0.2) is 42.5 Å². The van der Waals surface area contributed by atoms with E-state index in [1.54, 1.807) is 18.2 Å². The van der Waals surface area contributed by atoms with Crippen LogP contribution in [0.1, 0.15) is 0 Å². The van der Waals surface area contributed by atoms with E-state index in [0.717, 1.165) is 5.69 Å². The first-order chi connectivity index (χ1) is 9.16. The van der Waals surface area contributed by atoms with Crippen LogP contribution in [0.3, 0.4) is 0 Å². The Bertz CT molecular complexity index is 560. The minimum atomic E-state index is 0.437. The molecule has 0 heterocycles. The largest absolute Gasteiger partial charge is 0.490 e. The Morgan fingerprint density at radius 3 is 2.58 bits per heavy atom. The van der Waals surface area contributed by atoms with Gasteiger partial charge >= 0.3 is 0 Å². The molecule has 2 aromatic carbocycles. The molecule has 0 fully saturated rings. The number of anilines is 1. The van der Waals surface area contributed by atoms with Crippen molar-refractivity contribution < 1.29 is 4.74 Å². The van der Waals surface area contributed by atoms with Gasteiger partial charge in [-0.3, -0.25) is 0 Å². The Labute approximate surface area is 127 Å². The van der Waals surface area contributed by atoms with Gasteiger partial charge in [0.05, 0.1) is 5.02 Å². The maximum Gasteiger partial charge on any atom is 0.139 e. The summed E-state index contributed by atoms with van der Waals surface area (Å²) in [6.45, 7) is 1.12. The zero-order valence-electron chi connectivity index (χ0n) is 10.00. The van der Waals surface area contributed by atoms with E-state index in [1.807, 2.05) is 24.3 Å². The van der Waals surface area contributed by atoms with Crippen molar-refractivity contribution in [2.75, 3.05) is 18.5 Å². The lowest BCUT2D eigenvalue weighted by Gasteiger charge is -2.10. The average Bonchev–Trinajstić information content (AvgIpc) is 2.39. The fourth-order valence-corrected chi connectivity index (χ4v) is 2.09. The smallest absolute Gasteiger partial charge is 0.139 e. The molecule has 0 aliphatic rings. The molecule has 5 heteroatoms. The SMILES string of the molecule is Clc1cccc(NCCOc2cccc(Cl)c2Cl)c1. The summed E-state index contributed by atoms with van der Waals surface area (Å²) in [4.78, 5) is 0. The number of benzene rings is 2. The summed E-state index contributed by atoms with van der Waals surface area (Å²) in [7, 11) is 0. The lowest BCUT2D eigenvalue weighted by atomic mass is 10.3. The highest BCUT2D eigenvalue weighted by molar-refractivity contribution is 6.42. The van der Waals surface area contributed by atoms with Crippen LogP contribution in [0, 0.1) is 0 Å². The van der Waals surface area contributed by atoms with Gasteiger partial charge < -0.3 is 10.1 Å². The predicted octanol–water partition coefficient (Wildman–Crippen LogP) is 5.14. The minimum Gasteiger partial charge on any atom is -0.490 e. The van der Waals surface area contributed by atoms with Crippen LogP contribution in [0.4, 0.5) is 5.69 Å². The van der Waals surface area contributed by atoms with Gasteiger partial charge in [-0.05, 0) is 30.3 Å². The first-order valence-electron chi connectivity index (χ1n) is 5.73. The Kier molecular flexibility index (Phi) is 5.20. The maximum absolute atomic E-state index is 6.02. The Balaban J connectivity index is 1.82. The molecule has 0 aliphatic heterocycles. The fourth-order valence-electron chi connectivity index (χ4n) is 1.55. The molecule has 0 saturated heterocycles. The third-order valence-corrected chi connectivity index (χ3v) is 3.47. The number of rotatable bonds is 5. The molecule has 19 heavy (non-hydrogen) atoms. The van der Waals surface area contributed by atoms with Crippen molar-refractivity contribution in [1.82, 2.24) is 0 Å². The second-order valence-corrected chi connectivity index (χ2v) is 5.06. The van der Waals surface area contributed by atoms with Gasteiger partial charge in [0.2, 0.25) is 0 Å². The molecule has 100 valence electrons. The first-order valence-corrected chi connectivity index (χ1v) is 6.86. The van der Waals surface area contributed by atoms with Crippen molar-refractivity contribution in [3.63, 3.8) is 0 Å². The second kappa shape index (κ2) is 6.90. The molecule has 0 aromatic heterocycles. The summed E-state index contributed by atoms with van der Waals surface area (Å²) in [6.07, 6.45) is 0. The van der Waals surface area contributed by atoms with Gasteiger partial charge in [0.1, 0.15) is 17.4 Å². The van der Waals surface area contributed by atoms with Crippen LogP contribution in [0.2, 0.25) is 15.1 Å². The van der Waals surface area contributed by atoms with Crippen molar-refractivity contribution in [2.45, 2.75) is 0 Å². The summed E-state index contributed by atoms with van der Waals surface area (Å²) in [5.41, 5.74) is 0.952. The van der Waals surface area contributed by atoms with Crippen LogP contribution in [-0.4, -0.2) is 13.2 Å². The molecule has 0 unspecified atom stereocenters. The molecule has 0 saturated carbocycles. The van der Waals surface area contributed by atoms with Gasteiger partial charge in [-0.25, -0.2) is 0 Å². The van der Waals surface area contributed by atoms with E-state index in [4.69, 9.17) is 39.5 Å². The van der Waals surface area contributed by atoms with Crippen LogP contribution >= 0.6 is 34.8 Å². The van der Waals surface area contributed by atoms with Crippen LogP contribution in [0.25, 0.3) is 0 Å². The first kappa shape index (κ1) is 14.3. The van der Waals surface area contributed by atoms with E-state index in [0.29, 0.717) is 34.0 Å². The summed E-state index contributed by atoms with van der Waals surface area (Å²) >= 11 is 17.8. The van der Waals surface area contributed by atoms with Gasteiger partial charge in [0.15, 0.2) is 0 Å². The van der Waals surface area contributed by atoms with E-state index in [2.05, 4.69) is 5.32 Å². The summed E-state index contributed by atoms with van der Waals surface area (Å²) in [6, 6.07) is 12.8. The molecule has 0 aliphatic carbocycles. The van der Waals surface area contributed by atoms with Crippen molar-refractivity contribution in [2.24, 2.45) is 0 Å². The van der Waals surface area contributed by atoms with E-state index in [1.165, 1.54) is 0 Å². The molecule has 0 bridgehead atoms. The predicted molar refractivity (Wildman–Crippen MR) is 81.9 cm³/mol. The van der Waals surface area contributed by atoms with Crippen LogP contribution < -0.4 is 10.1 Å². The van der Waals surface area contributed by atoms with Crippen molar-refractivity contribution in [3.8, 4) is 5.75 Å². The molecule has 1 N–H and O–H groups in total. The van der Waals surface area contributed by atoms with Crippen molar-refractivity contribution in [1.29, 1.82) is 0 Å². The standard InChI is InChI=1S/C14H12Cl3NO/c15-10-3-1-4-11(9-10)18-7-8-19-13-6-2-5-12(16)14(13)17/h1-6,9,18H,7-8H2.